The molecule has 4 heterocycles. The van der Waals surface area contributed by atoms with Gasteiger partial charge in [0, 0.05) is 25.1 Å². The zero-order valence-electron chi connectivity index (χ0n) is 16.2. The smallest absolute Gasteiger partial charge is 0.231 e. The Bertz CT molecular complexity index is 1040. The van der Waals surface area contributed by atoms with Gasteiger partial charge in [-0.2, -0.15) is 5.10 Å². The molecular formula is C21H22N4O4. The average molecular weight is 394 g/mol. The number of fused-ring (bicyclic) bond motifs is 1. The number of hydrogen-bond donors (Lipinski definition) is 1. The molecule has 8 nitrogen and oxygen atoms in total. The number of carbonyl (C=O) groups excluding carboxylic acids is 1. The highest BCUT2D eigenvalue weighted by Gasteiger charge is 2.28. The lowest BCUT2D eigenvalue weighted by atomic mass is 9.91. The third kappa shape index (κ3) is 3.46. The van der Waals surface area contributed by atoms with E-state index in [0.29, 0.717) is 24.5 Å². The summed E-state index contributed by atoms with van der Waals surface area (Å²) in [5, 5.41) is 11.3. The van der Waals surface area contributed by atoms with Gasteiger partial charge < -0.3 is 18.9 Å². The van der Waals surface area contributed by atoms with Gasteiger partial charge in [-0.15, -0.1) is 0 Å². The normalized spacial score (nSPS) is 18.2. The number of rotatable bonds is 4. The third-order valence-electron chi connectivity index (χ3n) is 5.54. The van der Waals surface area contributed by atoms with Crippen LogP contribution in [-0.2, 0) is 11.2 Å². The molecule has 2 aliphatic rings. The maximum absolute atomic E-state index is 12.9. The maximum atomic E-state index is 12.9. The number of aromatic amines is 1. The first kappa shape index (κ1) is 17.8. The van der Waals surface area contributed by atoms with Crippen molar-refractivity contribution in [2.24, 2.45) is 0 Å². The van der Waals surface area contributed by atoms with Crippen molar-refractivity contribution >= 4 is 5.91 Å². The number of H-pyrrole nitrogens is 1. The molecule has 0 aliphatic carbocycles. The van der Waals surface area contributed by atoms with Gasteiger partial charge in [0.1, 0.15) is 0 Å². The highest BCUT2D eigenvalue weighted by atomic mass is 16.7. The molecule has 1 amide bonds. The van der Waals surface area contributed by atoms with Crippen molar-refractivity contribution in [1.29, 1.82) is 0 Å². The summed E-state index contributed by atoms with van der Waals surface area (Å²) >= 11 is 0. The van der Waals surface area contributed by atoms with E-state index in [9.17, 15) is 4.79 Å². The summed E-state index contributed by atoms with van der Waals surface area (Å²) in [6, 6.07) is 7.58. The quantitative estimate of drug-likeness (QED) is 0.731. The van der Waals surface area contributed by atoms with Gasteiger partial charge in [-0.25, -0.2) is 0 Å². The second kappa shape index (κ2) is 7.27. The van der Waals surface area contributed by atoms with Crippen molar-refractivity contribution in [3.8, 4) is 22.8 Å². The van der Waals surface area contributed by atoms with Crippen molar-refractivity contribution in [3.63, 3.8) is 0 Å². The van der Waals surface area contributed by atoms with Gasteiger partial charge in [-0.3, -0.25) is 9.89 Å². The van der Waals surface area contributed by atoms with Gasteiger partial charge in [0.25, 0.3) is 0 Å². The fourth-order valence-corrected chi connectivity index (χ4v) is 4.07. The van der Waals surface area contributed by atoms with E-state index in [1.807, 2.05) is 36.1 Å². The summed E-state index contributed by atoms with van der Waals surface area (Å²) in [5.74, 6) is 2.44. The monoisotopic (exact) mass is 394 g/mol. The Morgan fingerprint density at radius 2 is 2.17 bits per heavy atom. The molecule has 2 aliphatic heterocycles. The Balaban J connectivity index is 1.30. The zero-order chi connectivity index (χ0) is 19.8. The molecule has 1 aromatic carbocycles. The molecule has 0 bridgehead atoms. The van der Waals surface area contributed by atoms with E-state index in [1.54, 1.807) is 6.20 Å². The summed E-state index contributed by atoms with van der Waals surface area (Å²) in [6.07, 6.45) is 4.06. The van der Waals surface area contributed by atoms with Crippen molar-refractivity contribution in [3.05, 3.63) is 47.4 Å². The molecule has 0 radical (unpaired) electrons. The zero-order valence-corrected chi connectivity index (χ0v) is 16.2. The minimum atomic E-state index is 0.116. The van der Waals surface area contributed by atoms with E-state index >= 15 is 0 Å². The van der Waals surface area contributed by atoms with Crippen LogP contribution < -0.4 is 9.47 Å². The van der Waals surface area contributed by atoms with Crippen LogP contribution in [0.25, 0.3) is 11.3 Å². The van der Waals surface area contributed by atoms with Crippen LogP contribution in [-0.4, -0.2) is 46.0 Å². The van der Waals surface area contributed by atoms with E-state index in [0.717, 1.165) is 47.7 Å². The summed E-state index contributed by atoms with van der Waals surface area (Å²) < 4.78 is 16.2. The first-order valence-corrected chi connectivity index (χ1v) is 9.80. The van der Waals surface area contributed by atoms with E-state index in [2.05, 4.69) is 15.4 Å². The largest absolute Gasteiger partial charge is 0.454 e. The van der Waals surface area contributed by atoms with Crippen LogP contribution in [0.2, 0.25) is 0 Å². The SMILES string of the molecule is Cc1cc(-c2cn[nH]c2[C@H]2CCCN(C(=O)Cc3ccc4c(c3)OCO4)C2)on1. The van der Waals surface area contributed by atoms with Gasteiger partial charge >= 0.3 is 0 Å². The van der Waals surface area contributed by atoms with Crippen LogP contribution >= 0.6 is 0 Å². The van der Waals surface area contributed by atoms with E-state index in [-0.39, 0.29) is 18.6 Å². The predicted molar refractivity (Wildman–Crippen MR) is 104 cm³/mol. The first-order chi connectivity index (χ1) is 14.2. The van der Waals surface area contributed by atoms with Crippen molar-refractivity contribution < 1.29 is 18.8 Å². The highest BCUT2D eigenvalue weighted by Crippen LogP contribution is 2.35. The fraction of sp³-hybridized carbons (Fsp3) is 0.381. The molecule has 3 aromatic rings. The molecule has 1 saturated heterocycles. The number of piperidine rings is 1. The Kier molecular flexibility index (Phi) is 4.46. The second-order valence-corrected chi connectivity index (χ2v) is 7.57. The molecule has 1 fully saturated rings. The van der Waals surface area contributed by atoms with Crippen LogP contribution in [0.15, 0.2) is 35.0 Å². The molecule has 0 saturated carbocycles. The number of likely N-dealkylation sites (tertiary alicyclic amines) is 1. The summed E-state index contributed by atoms with van der Waals surface area (Å²) in [6.45, 7) is 3.55. The molecule has 0 unspecified atom stereocenters. The van der Waals surface area contributed by atoms with Crippen molar-refractivity contribution in [2.45, 2.75) is 32.1 Å². The van der Waals surface area contributed by atoms with Crippen molar-refractivity contribution in [1.82, 2.24) is 20.3 Å². The standard InChI is InChI=1S/C21H22N4O4/c1-13-7-18(29-24-13)16-10-22-23-21(16)15-3-2-6-25(11-15)20(26)9-14-4-5-17-19(8-14)28-12-27-17/h4-5,7-8,10,15H,2-3,6,9,11-12H2,1H3,(H,22,23)/t15-/m0/s1. The third-order valence-corrected chi connectivity index (χ3v) is 5.54. The topological polar surface area (TPSA) is 93.5 Å². The average Bonchev–Trinajstić information content (AvgIpc) is 3.47. The molecular weight excluding hydrogens is 372 g/mol. The molecule has 8 heteroatoms. The molecule has 0 spiro atoms. The van der Waals surface area contributed by atoms with E-state index in [4.69, 9.17) is 14.0 Å². The number of ether oxygens (including phenoxy) is 2. The summed E-state index contributed by atoms with van der Waals surface area (Å²) in [7, 11) is 0. The second-order valence-electron chi connectivity index (χ2n) is 7.57. The molecule has 2 aromatic heterocycles. The van der Waals surface area contributed by atoms with Crippen molar-refractivity contribution in [2.75, 3.05) is 19.9 Å². The van der Waals surface area contributed by atoms with Gasteiger partial charge in [-0.05, 0) is 37.5 Å². The summed E-state index contributed by atoms with van der Waals surface area (Å²) in [5.41, 5.74) is 3.68. The van der Waals surface area contributed by atoms with Gasteiger partial charge in [0.2, 0.25) is 12.7 Å². The summed E-state index contributed by atoms with van der Waals surface area (Å²) in [4.78, 5) is 14.9. The number of benzene rings is 1. The lowest BCUT2D eigenvalue weighted by Gasteiger charge is -2.32. The fourth-order valence-electron chi connectivity index (χ4n) is 4.07. The van der Waals surface area contributed by atoms with Crippen LogP contribution in [0.5, 0.6) is 11.5 Å². The first-order valence-electron chi connectivity index (χ1n) is 9.80. The Morgan fingerprint density at radius 1 is 1.28 bits per heavy atom. The molecule has 150 valence electrons. The number of aromatic nitrogens is 3. The number of aryl methyl sites for hydroxylation is 1. The Labute approximate surface area is 167 Å². The van der Waals surface area contributed by atoms with E-state index in [1.165, 1.54) is 0 Å². The maximum Gasteiger partial charge on any atom is 0.231 e. The van der Waals surface area contributed by atoms with Gasteiger partial charge in [-0.1, -0.05) is 11.2 Å². The number of amides is 1. The van der Waals surface area contributed by atoms with E-state index < -0.39 is 0 Å². The van der Waals surface area contributed by atoms with Crippen LogP contribution in [0, 0.1) is 6.92 Å². The minimum absolute atomic E-state index is 0.116. The van der Waals surface area contributed by atoms with Crippen LogP contribution in [0.1, 0.15) is 35.7 Å². The molecule has 29 heavy (non-hydrogen) atoms. The van der Waals surface area contributed by atoms with Gasteiger partial charge in [0.05, 0.1) is 29.6 Å². The predicted octanol–water partition coefficient (Wildman–Crippen LogP) is 3.05. The van der Waals surface area contributed by atoms with Crippen LogP contribution in [0.3, 0.4) is 0 Å². The van der Waals surface area contributed by atoms with Gasteiger partial charge in [0.15, 0.2) is 17.3 Å². The molecule has 1 atom stereocenters. The molecule has 1 N–H and O–H groups in total. The minimum Gasteiger partial charge on any atom is -0.454 e. The number of nitrogens with one attached hydrogen (secondary N) is 1. The number of hydrogen-bond acceptors (Lipinski definition) is 6. The Hall–Kier alpha value is -3.29. The number of carbonyl (C=O) groups is 1. The highest BCUT2D eigenvalue weighted by molar-refractivity contribution is 5.79. The lowest BCUT2D eigenvalue weighted by molar-refractivity contribution is -0.131. The molecule has 5 rings (SSSR count). The van der Waals surface area contributed by atoms with Crippen LogP contribution in [0.4, 0.5) is 0 Å². The Morgan fingerprint density at radius 3 is 3.03 bits per heavy atom. The number of nitrogens with zero attached hydrogens (tertiary/aromatic N) is 3. The lowest BCUT2D eigenvalue weighted by Crippen LogP contribution is -2.40.